The van der Waals surface area contributed by atoms with Gasteiger partial charge < -0.3 is 5.73 Å². The highest BCUT2D eigenvalue weighted by Gasteiger charge is 2.06. The highest BCUT2D eigenvalue weighted by Crippen LogP contribution is 2.25. The summed E-state index contributed by atoms with van der Waals surface area (Å²) in [4.78, 5) is 4.64. The van der Waals surface area contributed by atoms with Crippen molar-refractivity contribution in [1.82, 2.24) is 4.98 Å². The largest absolute Gasteiger partial charge is 0.329 e. The van der Waals surface area contributed by atoms with E-state index in [4.69, 9.17) is 5.73 Å². The predicted octanol–water partition coefficient (Wildman–Crippen LogP) is 3.39. The van der Waals surface area contributed by atoms with Crippen LogP contribution in [0.2, 0.25) is 0 Å². The fourth-order valence-electron chi connectivity index (χ4n) is 1.38. The van der Waals surface area contributed by atoms with Crippen LogP contribution >= 0.6 is 23.1 Å². The van der Waals surface area contributed by atoms with E-state index in [1.165, 1.54) is 5.56 Å². The second kappa shape index (κ2) is 6.19. The Labute approximate surface area is 110 Å². The molecule has 2 rings (SSSR count). The zero-order valence-electron chi connectivity index (χ0n) is 9.80. The maximum atomic E-state index is 5.59. The lowest BCUT2D eigenvalue weighted by Gasteiger charge is -2.05. The van der Waals surface area contributed by atoms with Gasteiger partial charge in [-0.3, -0.25) is 0 Å². The average molecular weight is 264 g/mol. The van der Waals surface area contributed by atoms with Gasteiger partial charge in [0.1, 0.15) is 5.01 Å². The second-order valence-corrected chi connectivity index (χ2v) is 6.15. The molecule has 0 aliphatic heterocycles. The van der Waals surface area contributed by atoms with Crippen molar-refractivity contribution in [2.45, 2.75) is 17.9 Å². The van der Waals surface area contributed by atoms with Gasteiger partial charge in [-0.1, -0.05) is 37.3 Å². The lowest BCUT2D eigenvalue weighted by atomic mass is 10.2. The summed E-state index contributed by atoms with van der Waals surface area (Å²) in [5, 5.41) is 3.73. The Balaban J connectivity index is 2.01. The van der Waals surface area contributed by atoms with Gasteiger partial charge in [0.2, 0.25) is 0 Å². The van der Waals surface area contributed by atoms with Crippen LogP contribution in [0.5, 0.6) is 0 Å². The third kappa shape index (κ3) is 3.56. The first-order chi connectivity index (χ1) is 8.29. The van der Waals surface area contributed by atoms with E-state index in [0.717, 1.165) is 23.0 Å². The van der Waals surface area contributed by atoms with Crippen LogP contribution < -0.4 is 5.73 Å². The molecule has 90 valence electrons. The van der Waals surface area contributed by atoms with E-state index < -0.39 is 0 Å². The Bertz CT molecular complexity index is 453. The molecule has 0 fully saturated rings. The third-order valence-corrected chi connectivity index (χ3v) is 4.58. The van der Waals surface area contributed by atoms with Crippen molar-refractivity contribution >= 4 is 23.1 Å². The zero-order chi connectivity index (χ0) is 12.1. The lowest BCUT2D eigenvalue weighted by Crippen LogP contribution is -2.12. The highest BCUT2D eigenvalue weighted by molar-refractivity contribution is 7.99. The number of nitrogens with zero attached hydrogens (tertiary/aromatic N) is 1. The summed E-state index contributed by atoms with van der Waals surface area (Å²) in [6.07, 6.45) is 0. The Morgan fingerprint density at radius 1 is 1.35 bits per heavy atom. The molecule has 2 nitrogen and oxygen atoms in total. The van der Waals surface area contributed by atoms with Crippen LogP contribution in [0.25, 0.3) is 10.6 Å². The van der Waals surface area contributed by atoms with Crippen LogP contribution in [0.15, 0.2) is 35.7 Å². The topological polar surface area (TPSA) is 38.9 Å². The van der Waals surface area contributed by atoms with Gasteiger partial charge >= 0.3 is 0 Å². The number of nitrogens with two attached hydrogens (primary N) is 1. The first-order valence-electron chi connectivity index (χ1n) is 5.61. The fraction of sp³-hybridized carbons (Fsp3) is 0.308. The van der Waals surface area contributed by atoms with Gasteiger partial charge in [0.15, 0.2) is 0 Å². The van der Waals surface area contributed by atoms with Crippen LogP contribution in [0.1, 0.15) is 12.6 Å². The number of rotatable bonds is 5. The molecule has 1 atom stereocenters. The molecule has 0 bridgehead atoms. The molecule has 0 amide bonds. The molecular weight excluding hydrogens is 248 g/mol. The van der Waals surface area contributed by atoms with Crippen molar-refractivity contribution in [3.8, 4) is 10.6 Å². The van der Waals surface area contributed by atoms with Crippen LogP contribution in [0, 0.1) is 0 Å². The van der Waals surface area contributed by atoms with Crippen molar-refractivity contribution in [2.75, 3.05) is 6.54 Å². The summed E-state index contributed by atoms with van der Waals surface area (Å²) in [5.74, 6) is 0.946. The molecule has 0 aliphatic rings. The van der Waals surface area contributed by atoms with Gasteiger partial charge in [0.25, 0.3) is 0 Å². The number of benzene rings is 1. The summed E-state index contributed by atoms with van der Waals surface area (Å²) in [6, 6.07) is 10.3. The molecule has 0 aliphatic carbocycles. The molecule has 0 saturated carbocycles. The summed E-state index contributed by atoms with van der Waals surface area (Å²) in [7, 11) is 0. The third-order valence-electron chi connectivity index (χ3n) is 2.42. The van der Waals surface area contributed by atoms with E-state index in [2.05, 4.69) is 29.4 Å². The van der Waals surface area contributed by atoms with E-state index in [0.29, 0.717) is 5.25 Å². The highest BCUT2D eigenvalue weighted by atomic mass is 32.2. The summed E-state index contributed by atoms with van der Waals surface area (Å²) in [6.45, 7) is 2.87. The zero-order valence-corrected chi connectivity index (χ0v) is 11.4. The quantitative estimate of drug-likeness (QED) is 0.899. The number of hydrogen-bond donors (Lipinski definition) is 1. The molecule has 1 heterocycles. The van der Waals surface area contributed by atoms with Crippen molar-refractivity contribution in [1.29, 1.82) is 0 Å². The molecule has 1 unspecified atom stereocenters. The second-order valence-electron chi connectivity index (χ2n) is 3.87. The van der Waals surface area contributed by atoms with Crippen LogP contribution in [-0.2, 0) is 5.75 Å². The SMILES string of the molecule is CC(CN)SCc1csc(-c2ccccc2)n1. The van der Waals surface area contributed by atoms with Crippen LogP contribution in [0.4, 0.5) is 0 Å². The first kappa shape index (κ1) is 12.6. The van der Waals surface area contributed by atoms with Crippen molar-refractivity contribution in [2.24, 2.45) is 5.73 Å². The molecule has 2 N–H and O–H groups in total. The minimum Gasteiger partial charge on any atom is -0.329 e. The molecule has 0 saturated heterocycles. The molecule has 1 aromatic heterocycles. The molecule has 2 aromatic rings. The van der Waals surface area contributed by atoms with E-state index >= 15 is 0 Å². The van der Waals surface area contributed by atoms with Gasteiger partial charge in [0, 0.05) is 28.5 Å². The smallest absolute Gasteiger partial charge is 0.123 e. The summed E-state index contributed by atoms with van der Waals surface area (Å²) in [5.41, 5.74) is 7.94. The molecule has 4 heteroatoms. The Hall–Kier alpha value is -0.840. The van der Waals surface area contributed by atoms with Gasteiger partial charge in [-0.25, -0.2) is 4.98 Å². The number of thioether (sulfide) groups is 1. The Kier molecular flexibility index (Phi) is 4.59. The monoisotopic (exact) mass is 264 g/mol. The van der Waals surface area contributed by atoms with Crippen LogP contribution in [-0.4, -0.2) is 16.8 Å². The summed E-state index contributed by atoms with van der Waals surface area (Å²) < 4.78 is 0. The van der Waals surface area contributed by atoms with Gasteiger partial charge in [0.05, 0.1) is 5.69 Å². The Morgan fingerprint density at radius 2 is 2.12 bits per heavy atom. The van der Waals surface area contributed by atoms with Gasteiger partial charge in [-0.2, -0.15) is 11.8 Å². The maximum absolute atomic E-state index is 5.59. The number of thiazole rings is 1. The molecular formula is C13H16N2S2. The van der Waals surface area contributed by atoms with Crippen molar-refractivity contribution < 1.29 is 0 Å². The average Bonchev–Trinajstić information content (AvgIpc) is 2.86. The van der Waals surface area contributed by atoms with Gasteiger partial charge in [-0.15, -0.1) is 11.3 Å². The van der Waals surface area contributed by atoms with Crippen molar-refractivity contribution in [3.05, 3.63) is 41.4 Å². The molecule has 17 heavy (non-hydrogen) atoms. The molecule has 0 radical (unpaired) electrons. The number of hydrogen-bond acceptors (Lipinski definition) is 4. The van der Waals surface area contributed by atoms with Gasteiger partial charge in [-0.05, 0) is 0 Å². The fourth-order valence-corrected chi connectivity index (χ4v) is 3.05. The van der Waals surface area contributed by atoms with Crippen LogP contribution in [0.3, 0.4) is 0 Å². The van der Waals surface area contributed by atoms with E-state index in [1.807, 2.05) is 30.0 Å². The predicted molar refractivity (Wildman–Crippen MR) is 77.4 cm³/mol. The first-order valence-corrected chi connectivity index (χ1v) is 7.54. The standard InChI is InChI=1S/C13H16N2S2/c1-10(7-14)16-8-12-9-17-13(15-12)11-5-3-2-4-6-11/h2-6,9-10H,7-8,14H2,1H3. The number of aromatic nitrogens is 1. The Morgan fingerprint density at radius 3 is 2.82 bits per heavy atom. The van der Waals surface area contributed by atoms with E-state index in [-0.39, 0.29) is 0 Å². The minimum absolute atomic E-state index is 0.497. The minimum atomic E-state index is 0.497. The van der Waals surface area contributed by atoms with E-state index in [9.17, 15) is 0 Å². The molecule has 0 spiro atoms. The molecule has 1 aromatic carbocycles. The summed E-state index contributed by atoms with van der Waals surface area (Å²) >= 11 is 3.56. The van der Waals surface area contributed by atoms with Crippen molar-refractivity contribution in [3.63, 3.8) is 0 Å². The maximum Gasteiger partial charge on any atom is 0.123 e. The van der Waals surface area contributed by atoms with E-state index in [1.54, 1.807) is 11.3 Å². The lowest BCUT2D eigenvalue weighted by molar-refractivity contribution is 0.949. The normalized spacial score (nSPS) is 12.6.